The van der Waals surface area contributed by atoms with Gasteiger partial charge in [-0.1, -0.05) is 11.2 Å². The van der Waals surface area contributed by atoms with Crippen LogP contribution in [0.15, 0.2) is 47.2 Å². The summed E-state index contributed by atoms with van der Waals surface area (Å²) in [5, 5.41) is 14.8. The molecule has 0 aliphatic heterocycles. The number of rotatable bonds is 3. The molecule has 0 unspecified atom stereocenters. The van der Waals surface area contributed by atoms with E-state index in [-0.39, 0.29) is 11.6 Å². The van der Waals surface area contributed by atoms with E-state index in [0.717, 1.165) is 0 Å². The SMILES string of the molecule is Cc1ccc(-c2nc(-c3cccnc3)no2)cc1[N+](=O)[O-]. The fraction of sp³-hybridized carbons (Fsp3) is 0.0714. The smallest absolute Gasteiger partial charge is 0.273 e. The van der Waals surface area contributed by atoms with E-state index in [1.807, 2.05) is 0 Å². The van der Waals surface area contributed by atoms with Crippen LogP contribution in [-0.2, 0) is 0 Å². The summed E-state index contributed by atoms with van der Waals surface area (Å²) in [4.78, 5) is 18.8. The highest BCUT2D eigenvalue weighted by atomic mass is 16.6. The van der Waals surface area contributed by atoms with E-state index in [9.17, 15) is 10.1 Å². The highest BCUT2D eigenvalue weighted by Gasteiger charge is 2.16. The first-order valence-corrected chi connectivity index (χ1v) is 6.14. The molecule has 0 N–H and O–H groups in total. The Bertz CT molecular complexity index is 799. The third-order valence-corrected chi connectivity index (χ3v) is 3.00. The van der Waals surface area contributed by atoms with Crippen molar-refractivity contribution < 1.29 is 9.45 Å². The third-order valence-electron chi connectivity index (χ3n) is 3.00. The minimum absolute atomic E-state index is 0.0219. The standard InChI is InChI=1S/C14H10N4O3/c1-9-4-5-10(7-12(9)18(19)20)14-16-13(17-21-14)11-3-2-6-15-8-11/h2-8H,1H3. The lowest BCUT2D eigenvalue weighted by atomic mass is 10.1. The first-order chi connectivity index (χ1) is 10.1. The second kappa shape index (κ2) is 5.12. The minimum Gasteiger partial charge on any atom is -0.334 e. The van der Waals surface area contributed by atoms with E-state index in [0.29, 0.717) is 22.5 Å². The van der Waals surface area contributed by atoms with Crippen LogP contribution in [0.5, 0.6) is 0 Å². The molecule has 0 bridgehead atoms. The Kier molecular flexibility index (Phi) is 3.15. The third kappa shape index (κ3) is 2.48. The number of nitro benzene ring substituents is 1. The molecule has 0 aliphatic carbocycles. The van der Waals surface area contributed by atoms with Crippen LogP contribution < -0.4 is 0 Å². The Labute approximate surface area is 119 Å². The van der Waals surface area contributed by atoms with E-state index in [2.05, 4.69) is 15.1 Å². The molecule has 7 heteroatoms. The van der Waals surface area contributed by atoms with Gasteiger partial charge in [0.25, 0.3) is 11.6 Å². The van der Waals surface area contributed by atoms with Gasteiger partial charge in [-0.25, -0.2) is 0 Å². The number of pyridine rings is 1. The fourth-order valence-electron chi connectivity index (χ4n) is 1.89. The molecule has 1 aromatic carbocycles. The highest BCUT2D eigenvalue weighted by molar-refractivity contribution is 5.62. The molecular weight excluding hydrogens is 272 g/mol. The van der Waals surface area contributed by atoms with Gasteiger partial charge in [-0.05, 0) is 25.1 Å². The summed E-state index contributed by atoms with van der Waals surface area (Å²) in [5.74, 6) is 0.623. The number of aryl methyl sites for hydroxylation is 1. The van der Waals surface area contributed by atoms with E-state index < -0.39 is 4.92 Å². The van der Waals surface area contributed by atoms with Gasteiger partial charge in [-0.15, -0.1) is 0 Å². The van der Waals surface area contributed by atoms with Crippen LogP contribution >= 0.6 is 0 Å². The molecule has 21 heavy (non-hydrogen) atoms. The molecule has 0 saturated carbocycles. The number of hydrogen-bond acceptors (Lipinski definition) is 6. The van der Waals surface area contributed by atoms with Crippen LogP contribution in [0.1, 0.15) is 5.56 Å². The predicted molar refractivity (Wildman–Crippen MR) is 74.4 cm³/mol. The molecule has 0 aliphatic rings. The second-order valence-electron chi connectivity index (χ2n) is 4.42. The second-order valence-corrected chi connectivity index (χ2v) is 4.42. The maximum atomic E-state index is 11.0. The maximum absolute atomic E-state index is 11.0. The molecule has 3 rings (SSSR count). The van der Waals surface area contributed by atoms with Crippen molar-refractivity contribution in [2.24, 2.45) is 0 Å². The molecule has 0 spiro atoms. The Morgan fingerprint density at radius 1 is 1.24 bits per heavy atom. The van der Waals surface area contributed by atoms with Gasteiger partial charge in [0.15, 0.2) is 0 Å². The Morgan fingerprint density at radius 2 is 2.10 bits per heavy atom. The molecule has 2 aromatic heterocycles. The van der Waals surface area contributed by atoms with Crippen molar-refractivity contribution in [1.29, 1.82) is 0 Å². The highest BCUT2D eigenvalue weighted by Crippen LogP contribution is 2.27. The van der Waals surface area contributed by atoms with Crippen molar-refractivity contribution in [3.8, 4) is 22.8 Å². The van der Waals surface area contributed by atoms with Gasteiger partial charge in [0.2, 0.25) is 5.82 Å². The minimum atomic E-state index is -0.433. The van der Waals surface area contributed by atoms with Gasteiger partial charge < -0.3 is 4.52 Å². The zero-order chi connectivity index (χ0) is 14.8. The normalized spacial score (nSPS) is 10.5. The first-order valence-electron chi connectivity index (χ1n) is 6.14. The van der Waals surface area contributed by atoms with Crippen LogP contribution in [0.4, 0.5) is 5.69 Å². The lowest BCUT2D eigenvalue weighted by molar-refractivity contribution is -0.385. The van der Waals surface area contributed by atoms with Gasteiger partial charge >= 0.3 is 0 Å². The molecule has 0 radical (unpaired) electrons. The summed E-state index contributed by atoms with van der Waals surface area (Å²) < 4.78 is 5.17. The van der Waals surface area contributed by atoms with Crippen molar-refractivity contribution in [1.82, 2.24) is 15.1 Å². The van der Waals surface area contributed by atoms with Crippen LogP contribution in [-0.4, -0.2) is 20.0 Å². The average Bonchev–Trinajstić information content (AvgIpc) is 2.98. The molecule has 0 amide bonds. The van der Waals surface area contributed by atoms with Crippen molar-refractivity contribution in [3.63, 3.8) is 0 Å². The lowest BCUT2D eigenvalue weighted by Gasteiger charge is -1.98. The van der Waals surface area contributed by atoms with Crippen LogP contribution in [0.25, 0.3) is 22.8 Å². The van der Waals surface area contributed by atoms with E-state index in [1.54, 1.807) is 43.6 Å². The lowest BCUT2D eigenvalue weighted by Crippen LogP contribution is -1.92. The topological polar surface area (TPSA) is 95.0 Å². The maximum Gasteiger partial charge on any atom is 0.273 e. The summed E-state index contributed by atoms with van der Waals surface area (Å²) in [6.07, 6.45) is 3.26. The molecule has 2 heterocycles. The van der Waals surface area contributed by atoms with Crippen LogP contribution in [0.2, 0.25) is 0 Å². The Morgan fingerprint density at radius 3 is 2.81 bits per heavy atom. The average molecular weight is 282 g/mol. The molecule has 3 aromatic rings. The summed E-state index contributed by atoms with van der Waals surface area (Å²) in [6, 6.07) is 8.36. The summed E-state index contributed by atoms with van der Waals surface area (Å²) >= 11 is 0. The number of aromatic nitrogens is 3. The van der Waals surface area contributed by atoms with Crippen LogP contribution in [0.3, 0.4) is 0 Å². The van der Waals surface area contributed by atoms with E-state index >= 15 is 0 Å². The summed E-state index contributed by atoms with van der Waals surface area (Å²) in [5.41, 5.74) is 1.83. The number of nitrogens with zero attached hydrogens (tertiary/aromatic N) is 4. The Hall–Kier alpha value is -3.09. The van der Waals surface area contributed by atoms with Gasteiger partial charge in [0.1, 0.15) is 0 Å². The van der Waals surface area contributed by atoms with Crippen molar-refractivity contribution >= 4 is 5.69 Å². The molecular formula is C14H10N4O3. The molecule has 104 valence electrons. The zero-order valence-corrected chi connectivity index (χ0v) is 11.1. The number of hydrogen-bond donors (Lipinski definition) is 0. The molecule has 0 saturated heterocycles. The predicted octanol–water partition coefficient (Wildman–Crippen LogP) is 3.02. The van der Waals surface area contributed by atoms with Crippen LogP contribution in [0, 0.1) is 17.0 Å². The van der Waals surface area contributed by atoms with Gasteiger partial charge in [0.05, 0.1) is 4.92 Å². The quantitative estimate of drug-likeness (QED) is 0.541. The van der Waals surface area contributed by atoms with Gasteiger partial charge in [-0.2, -0.15) is 4.98 Å². The number of benzene rings is 1. The van der Waals surface area contributed by atoms with E-state index in [1.165, 1.54) is 6.07 Å². The number of nitro groups is 1. The zero-order valence-electron chi connectivity index (χ0n) is 11.1. The monoisotopic (exact) mass is 282 g/mol. The molecule has 0 atom stereocenters. The first kappa shape index (κ1) is 12.9. The van der Waals surface area contributed by atoms with Crippen molar-refractivity contribution in [2.75, 3.05) is 0 Å². The van der Waals surface area contributed by atoms with Gasteiger partial charge in [-0.3, -0.25) is 15.1 Å². The molecule has 0 fully saturated rings. The van der Waals surface area contributed by atoms with Crippen molar-refractivity contribution in [2.45, 2.75) is 6.92 Å². The fourth-order valence-corrected chi connectivity index (χ4v) is 1.89. The van der Waals surface area contributed by atoms with E-state index in [4.69, 9.17) is 4.52 Å². The summed E-state index contributed by atoms with van der Waals surface area (Å²) in [6.45, 7) is 1.68. The largest absolute Gasteiger partial charge is 0.334 e. The summed E-state index contributed by atoms with van der Waals surface area (Å²) in [7, 11) is 0. The Balaban J connectivity index is 2.01. The van der Waals surface area contributed by atoms with Crippen molar-refractivity contribution in [3.05, 3.63) is 58.4 Å². The molecule has 7 nitrogen and oxygen atoms in total. The van der Waals surface area contributed by atoms with Gasteiger partial charge in [0, 0.05) is 35.2 Å².